The van der Waals surface area contributed by atoms with Crippen LogP contribution in [0.4, 0.5) is 5.69 Å². The van der Waals surface area contributed by atoms with E-state index >= 15 is 0 Å². The first-order chi connectivity index (χ1) is 8.45. The third kappa shape index (κ3) is 2.17. The fraction of sp³-hybridized carbons (Fsp3) is 0.455. The minimum atomic E-state index is -3.12. The van der Waals surface area contributed by atoms with Gasteiger partial charge < -0.3 is 4.74 Å². The van der Waals surface area contributed by atoms with Crippen LogP contribution < -0.4 is 4.74 Å². The second-order valence-electron chi connectivity index (χ2n) is 4.19. The Labute approximate surface area is 105 Å². The van der Waals surface area contributed by atoms with Crippen molar-refractivity contribution in [2.45, 2.75) is 18.1 Å². The number of rotatable bonds is 3. The molecule has 1 aliphatic rings. The zero-order valence-electron chi connectivity index (χ0n) is 9.83. The summed E-state index contributed by atoms with van der Waals surface area (Å²) in [5.41, 5.74) is 0.409. The summed E-state index contributed by atoms with van der Waals surface area (Å²) in [5.74, 6) is 0.274. The van der Waals surface area contributed by atoms with Gasteiger partial charge in [0.1, 0.15) is 0 Å². The Balaban J connectivity index is 2.45. The van der Waals surface area contributed by atoms with Gasteiger partial charge in [-0.2, -0.15) is 0 Å². The van der Waals surface area contributed by atoms with E-state index in [9.17, 15) is 18.5 Å². The van der Waals surface area contributed by atoms with Gasteiger partial charge in [0.2, 0.25) is 0 Å². The van der Waals surface area contributed by atoms with E-state index in [0.717, 1.165) is 0 Å². The van der Waals surface area contributed by atoms with Crippen LogP contribution in [0.15, 0.2) is 18.2 Å². The van der Waals surface area contributed by atoms with E-state index in [2.05, 4.69) is 0 Å². The maximum atomic E-state index is 11.8. The van der Waals surface area contributed by atoms with Crippen LogP contribution in [0.1, 0.15) is 23.7 Å². The molecule has 1 heterocycles. The minimum absolute atomic E-state index is 0.0969. The molecule has 0 aliphatic carbocycles. The maximum Gasteiger partial charge on any atom is 0.310 e. The van der Waals surface area contributed by atoms with Crippen LogP contribution in [0.3, 0.4) is 0 Å². The van der Waals surface area contributed by atoms with E-state index in [-0.39, 0.29) is 17.2 Å². The lowest BCUT2D eigenvalue weighted by molar-refractivity contribution is -0.385. The van der Waals surface area contributed by atoms with Crippen molar-refractivity contribution in [2.75, 3.05) is 12.9 Å². The van der Waals surface area contributed by atoms with Gasteiger partial charge in [-0.15, -0.1) is 0 Å². The van der Waals surface area contributed by atoms with Gasteiger partial charge >= 0.3 is 5.69 Å². The van der Waals surface area contributed by atoms with Gasteiger partial charge in [-0.1, -0.05) is 6.07 Å². The van der Waals surface area contributed by atoms with Gasteiger partial charge in [0.25, 0.3) is 0 Å². The molecule has 1 aromatic carbocycles. The van der Waals surface area contributed by atoms with Crippen LogP contribution in [0.5, 0.6) is 5.75 Å². The summed E-state index contributed by atoms with van der Waals surface area (Å²) >= 11 is 0. The van der Waals surface area contributed by atoms with E-state index in [1.165, 1.54) is 25.3 Å². The Morgan fingerprint density at radius 3 is 2.67 bits per heavy atom. The topological polar surface area (TPSA) is 86.5 Å². The summed E-state index contributed by atoms with van der Waals surface area (Å²) in [4.78, 5) is 10.2. The fourth-order valence-corrected chi connectivity index (χ4v) is 4.15. The number of methoxy groups -OCH3 is 1. The predicted molar refractivity (Wildman–Crippen MR) is 65.4 cm³/mol. The Hall–Kier alpha value is -1.63. The third-order valence-electron chi connectivity index (χ3n) is 3.10. The number of ether oxygens (including phenoxy) is 1. The molecule has 0 spiro atoms. The summed E-state index contributed by atoms with van der Waals surface area (Å²) in [6, 6.07) is 4.24. The molecule has 0 N–H and O–H groups in total. The van der Waals surface area contributed by atoms with Gasteiger partial charge in [0.05, 0.1) is 23.0 Å². The van der Waals surface area contributed by atoms with Crippen molar-refractivity contribution in [3.05, 3.63) is 33.9 Å². The summed E-state index contributed by atoms with van der Waals surface area (Å²) in [6.07, 6.45) is 1.19. The normalized spacial score (nSPS) is 21.7. The summed E-state index contributed by atoms with van der Waals surface area (Å²) < 4.78 is 28.6. The standard InChI is InChI=1S/C11H13NO5S/c1-17-10-7-8(4-5-9(10)12(13)14)11-3-2-6-18(11,15)16/h4-5,7,11H,2-3,6H2,1H3. The zero-order valence-corrected chi connectivity index (χ0v) is 10.6. The van der Waals surface area contributed by atoms with Crippen LogP contribution in [-0.4, -0.2) is 26.2 Å². The lowest BCUT2D eigenvalue weighted by Gasteiger charge is -2.11. The monoisotopic (exact) mass is 271 g/mol. The highest BCUT2D eigenvalue weighted by Gasteiger charge is 2.33. The highest BCUT2D eigenvalue weighted by atomic mass is 32.2. The first kappa shape index (κ1) is 12.8. The van der Waals surface area contributed by atoms with Gasteiger partial charge in [0.15, 0.2) is 15.6 Å². The average Bonchev–Trinajstić information content (AvgIpc) is 2.68. The summed E-state index contributed by atoms with van der Waals surface area (Å²) in [5, 5.41) is 10.2. The zero-order chi connectivity index (χ0) is 13.3. The molecule has 1 aliphatic heterocycles. The molecule has 1 unspecified atom stereocenters. The Kier molecular flexibility index (Phi) is 3.25. The minimum Gasteiger partial charge on any atom is -0.490 e. The number of benzene rings is 1. The van der Waals surface area contributed by atoms with Crippen molar-refractivity contribution in [3.8, 4) is 5.75 Å². The smallest absolute Gasteiger partial charge is 0.310 e. The molecule has 6 nitrogen and oxygen atoms in total. The van der Waals surface area contributed by atoms with Gasteiger partial charge in [-0.05, 0) is 24.5 Å². The number of nitrogens with zero attached hydrogens (tertiary/aromatic N) is 1. The molecule has 18 heavy (non-hydrogen) atoms. The summed E-state index contributed by atoms with van der Waals surface area (Å²) in [6.45, 7) is 0. The van der Waals surface area contributed by atoms with Crippen molar-refractivity contribution < 1.29 is 18.1 Å². The predicted octanol–water partition coefficient (Wildman–Crippen LogP) is 1.85. The van der Waals surface area contributed by atoms with Crippen LogP contribution in [0, 0.1) is 10.1 Å². The first-order valence-electron chi connectivity index (χ1n) is 5.49. The second-order valence-corrected chi connectivity index (χ2v) is 6.49. The van der Waals surface area contributed by atoms with Crippen molar-refractivity contribution >= 4 is 15.5 Å². The lowest BCUT2D eigenvalue weighted by Crippen LogP contribution is -2.08. The number of sulfone groups is 1. The average molecular weight is 271 g/mol. The third-order valence-corrected chi connectivity index (χ3v) is 5.33. The van der Waals surface area contributed by atoms with Crippen LogP contribution in [-0.2, 0) is 9.84 Å². The van der Waals surface area contributed by atoms with Crippen LogP contribution in [0.2, 0.25) is 0 Å². The largest absolute Gasteiger partial charge is 0.490 e. The number of nitro benzene ring substituents is 1. The molecular formula is C11H13NO5S. The van der Waals surface area contributed by atoms with Crippen LogP contribution in [0.25, 0.3) is 0 Å². The Morgan fingerprint density at radius 2 is 2.17 bits per heavy atom. The lowest BCUT2D eigenvalue weighted by atomic mass is 10.1. The molecule has 1 aromatic rings. The molecule has 1 atom stereocenters. The Morgan fingerprint density at radius 1 is 1.44 bits per heavy atom. The second kappa shape index (κ2) is 4.56. The molecule has 0 bridgehead atoms. The Bertz CT molecular complexity index is 581. The summed E-state index contributed by atoms with van der Waals surface area (Å²) in [7, 11) is -1.79. The fourth-order valence-electron chi connectivity index (χ4n) is 2.21. The molecule has 1 fully saturated rings. The van der Waals surface area contributed by atoms with Crippen molar-refractivity contribution in [3.63, 3.8) is 0 Å². The first-order valence-corrected chi connectivity index (χ1v) is 7.21. The van der Waals surface area contributed by atoms with Crippen molar-refractivity contribution in [2.24, 2.45) is 0 Å². The molecular weight excluding hydrogens is 258 g/mol. The van der Waals surface area contributed by atoms with Crippen molar-refractivity contribution in [1.82, 2.24) is 0 Å². The quantitative estimate of drug-likeness (QED) is 0.618. The molecule has 7 heteroatoms. The number of hydrogen-bond donors (Lipinski definition) is 0. The number of nitro groups is 1. The van der Waals surface area contributed by atoms with E-state index in [4.69, 9.17) is 4.74 Å². The van der Waals surface area contributed by atoms with E-state index in [0.29, 0.717) is 18.4 Å². The van der Waals surface area contributed by atoms with Crippen molar-refractivity contribution in [1.29, 1.82) is 0 Å². The highest BCUT2D eigenvalue weighted by molar-refractivity contribution is 7.91. The molecule has 0 amide bonds. The highest BCUT2D eigenvalue weighted by Crippen LogP contribution is 2.38. The molecule has 98 valence electrons. The van der Waals surface area contributed by atoms with E-state index in [1.54, 1.807) is 0 Å². The molecule has 1 saturated heterocycles. The van der Waals surface area contributed by atoms with E-state index in [1.807, 2.05) is 0 Å². The molecule has 0 aromatic heterocycles. The van der Waals surface area contributed by atoms with Gasteiger partial charge in [0, 0.05) is 6.07 Å². The van der Waals surface area contributed by atoms with E-state index < -0.39 is 20.0 Å². The van der Waals surface area contributed by atoms with Gasteiger partial charge in [-0.25, -0.2) is 8.42 Å². The number of hydrogen-bond acceptors (Lipinski definition) is 5. The van der Waals surface area contributed by atoms with Gasteiger partial charge in [-0.3, -0.25) is 10.1 Å². The van der Waals surface area contributed by atoms with Crippen LogP contribution >= 0.6 is 0 Å². The SMILES string of the molecule is COc1cc(C2CCCS2(=O)=O)ccc1[N+](=O)[O-]. The molecule has 2 rings (SSSR count). The molecule has 0 saturated carbocycles. The molecule has 0 radical (unpaired) electrons. The maximum absolute atomic E-state index is 11.8.